The lowest BCUT2D eigenvalue weighted by molar-refractivity contribution is 0.463. The second-order valence-corrected chi connectivity index (χ2v) is 10.4. The minimum absolute atomic E-state index is 0.00895. The average Bonchev–Trinajstić information content (AvgIpc) is 3.50. The van der Waals surface area contributed by atoms with Crippen LogP contribution in [0.15, 0.2) is 78.9 Å². The van der Waals surface area contributed by atoms with Crippen molar-refractivity contribution in [3.63, 3.8) is 0 Å². The molecule has 0 amide bonds. The molecule has 8 heteroatoms. The highest BCUT2D eigenvalue weighted by Crippen LogP contribution is 2.30. The monoisotopic (exact) mass is 506 g/mol. The first-order chi connectivity index (χ1) is 18.1. The highest BCUT2D eigenvalue weighted by Gasteiger charge is 2.17. The summed E-state index contributed by atoms with van der Waals surface area (Å²) in [6, 6.07) is 24.7. The molecule has 4 aromatic carbocycles. The van der Waals surface area contributed by atoms with Crippen LogP contribution in [0.25, 0.3) is 33.4 Å². The number of benzene rings is 4. The minimum atomic E-state index is 0.00895. The van der Waals surface area contributed by atoms with Gasteiger partial charge in [0, 0.05) is 0 Å². The highest BCUT2D eigenvalue weighted by molar-refractivity contribution is 5.74. The third kappa shape index (κ3) is 4.93. The van der Waals surface area contributed by atoms with Crippen LogP contribution < -0.4 is 0 Å². The lowest BCUT2D eigenvalue weighted by atomic mass is 9.87. The summed E-state index contributed by atoms with van der Waals surface area (Å²) in [7, 11) is 0. The maximum absolute atomic E-state index is 10.1. The standard InChI is InChI=1S/C16H17N3O.C14H13N3O/c1-16(2,3)11-8-9-15(20)14(10-11)19-17-12-6-4-5-7-13(12)18-19;1-9-7-10(2)14(18)13(8-9)17-15-11-5-3-4-6-12(11)16-17/h4-10,20H,1-3H3;3-8,18H,1-2H3. The van der Waals surface area contributed by atoms with E-state index in [-0.39, 0.29) is 16.9 Å². The Hall–Kier alpha value is -4.72. The molecule has 0 atom stereocenters. The van der Waals surface area contributed by atoms with Crippen molar-refractivity contribution in [1.82, 2.24) is 30.0 Å². The molecule has 0 saturated carbocycles. The summed E-state index contributed by atoms with van der Waals surface area (Å²) >= 11 is 0. The summed E-state index contributed by atoms with van der Waals surface area (Å²) in [5.41, 5.74) is 7.51. The quantitative estimate of drug-likeness (QED) is 0.291. The van der Waals surface area contributed by atoms with Gasteiger partial charge < -0.3 is 10.2 Å². The van der Waals surface area contributed by atoms with Crippen LogP contribution >= 0.6 is 0 Å². The molecular weight excluding hydrogens is 476 g/mol. The van der Waals surface area contributed by atoms with Gasteiger partial charge in [-0.15, -0.1) is 30.0 Å². The lowest BCUT2D eigenvalue weighted by Gasteiger charge is -2.19. The van der Waals surface area contributed by atoms with E-state index in [1.807, 2.05) is 86.6 Å². The Morgan fingerprint density at radius 1 is 0.605 bits per heavy atom. The smallest absolute Gasteiger partial charge is 0.146 e. The van der Waals surface area contributed by atoms with E-state index in [1.165, 1.54) is 9.59 Å². The SMILES string of the molecule is CC(C)(C)c1ccc(O)c(-n2nc3ccccc3n2)c1.Cc1cc(C)c(O)c(-n2nc3ccccc3n2)c1. The Kier molecular flexibility index (Phi) is 6.32. The van der Waals surface area contributed by atoms with Crippen LogP contribution in [0, 0.1) is 13.8 Å². The van der Waals surface area contributed by atoms with Crippen LogP contribution in [0.2, 0.25) is 0 Å². The Balaban J connectivity index is 0.000000156. The fraction of sp³-hybridized carbons (Fsp3) is 0.200. The van der Waals surface area contributed by atoms with Crippen LogP contribution in [0.4, 0.5) is 0 Å². The average molecular weight is 507 g/mol. The van der Waals surface area contributed by atoms with E-state index in [0.717, 1.165) is 38.8 Å². The number of aryl methyl sites for hydroxylation is 2. The van der Waals surface area contributed by atoms with Crippen molar-refractivity contribution < 1.29 is 10.2 Å². The molecule has 0 aliphatic heterocycles. The second-order valence-electron chi connectivity index (χ2n) is 10.4. The number of nitrogens with zero attached hydrogens (tertiary/aromatic N) is 6. The van der Waals surface area contributed by atoms with Crippen LogP contribution in [0.1, 0.15) is 37.5 Å². The van der Waals surface area contributed by atoms with Gasteiger partial charge in [0.2, 0.25) is 0 Å². The van der Waals surface area contributed by atoms with Crippen LogP contribution in [0.3, 0.4) is 0 Å². The molecule has 2 heterocycles. The molecule has 2 aromatic heterocycles. The number of aromatic nitrogens is 6. The summed E-state index contributed by atoms with van der Waals surface area (Å²) in [5.74, 6) is 0.402. The number of aromatic hydroxyl groups is 2. The van der Waals surface area contributed by atoms with Crippen molar-refractivity contribution in [3.8, 4) is 22.9 Å². The summed E-state index contributed by atoms with van der Waals surface area (Å²) in [5, 5.41) is 37.7. The molecule has 0 aliphatic rings. The summed E-state index contributed by atoms with van der Waals surface area (Å²) < 4.78 is 0. The van der Waals surface area contributed by atoms with Gasteiger partial charge in [-0.25, -0.2) is 0 Å². The Morgan fingerprint density at radius 3 is 1.55 bits per heavy atom. The molecular formula is C30H30N6O2. The maximum atomic E-state index is 10.1. The molecule has 0 spiro atoms. The van der Waals surface area contributed by atoms with E-state index >= 15 is 0 Å². The van der Waals surface area contributed by atoms with Crippen molar-refractivity contribution in [3.05, 3.63) is 95.6 Å². The van der Waals surface area contributed by atoms with E-state index in [9.17, 15) is 10.2 Å². The zero-order valence-electron chi connectivity index (χ0n) is 22.1. The third-order valence-electron chi connectivity index (χ3n) is 6.27. The van der Waals surface area contributed by atoms with Gasteiger partial charge >= 0.3 is 0 Å². The molecule has 38 heavy (non-hydrogen) atoms. The Bertz CT molecular complexity index is 1690. The van der Waals surface area contributed by atoms with Crippen LogP contribution in [-0.4, -0.2) is 40.2 Å². The molecule has 0 radical (unpaired) electrons. The predicted molar refractivity (Wildman–Crippen MR) is 149 cm³/mol. The zero-order valence-corrected chi connectivity index (χ0v) is 22.1. The maximum Gasteiger partial charge on any atom is 0.146 e. The molecule has 0 saturated heterocycles. The fourth-order valence-electron chi connectivity index (χ4n) is 4.18. The van der Waals surface area contributed by atoms with Crippen LogP contribution in [-0.2, 0) is 5.41 Å². The largest absolute Gasteiger partial charge is 0.506 e. The number of rotatable bonds is 2. The first kappa shape index (κ1) is 25.0. The number of phenolic OH excluding ortho intramolecular Hbond substituents is 2. The molecule has 0 fully saturated rings. The first-order valence-electron chi connectivity index (χ1n) is 12.4. The van der Waals surface area contributed by atoms with E-state index in [0.29, 0.717) is 11.4 Å². The molecule has 0 unspecified atom stereocenters. The third-order valence-corrected chi connectivity index (χ3v) is 6.27. The summed E-state index contributed by atoms with van der Waals surface area (Å²) in [4.78, 5) is 2.98. The summed E-state index contributed by atoms with van der Waals surface area (Å²) in [6.45, 7) is 10.3. The Morgan fingerprint density at radius 2 is 1.08 bits per heavy atom. The molecule has 2 N–H and O–H groups in total. The number of hydrogen-bond donors (Lipinski definition) is 2. The van der Waals surface area contributed by atoms with Gasteiger partial charge in [0.15, 0.2) is 0 Å². The minimum Gasteiger partial charge on any atom is -0.506 e. The molecule has 6 aromatic rings. The highest BCUT2D eigenvalue weighted by atomic mass is 16.3. The Labute approximate surface area is 220 Å². The van der Waals surface area contributed by atoms with Gasteiger partial charge in [0.1, 0.15) is 44.9 Å². The number of hydrogen-bond acceptors (Lipinski definition) is 6. The predicted octanol–water partition coefficient (Wildman–Crippen LogP) is 6.17. The van der Waals surface area contributed by atoms with Crippen molar-refractivity contribution in [2.24, 2.45) is 0 Å². The molecule has 6 rings (SSSR count). The number of phenols is 2. The second kappa shape index (κ2) is 9.63. The van der Waals surface area contributed by atoms with Gasteiger partial charge in [-0.3, -0.25) is 0 Å². The molecule has 0 bridgehead atoms. The van der Waals surface area contributed by atoms with Crippen molar-refractivity contribution in [2.75, 3.05) is 0 Å². The van der Waals surface area contributed by atoms with Crippen molar-refractivity contribution in [1.29, 1.82) is 0 Å². The van der Waals surface area contributed by atoms with E-state index in [2.05, 4.69) is 41.2 Å². The lowest BCUT2D eigenvalue weighted by Crippen LogP contribution is -2.12. The fourth-order valence-corrected chi connectivity index (χ4v) is 4.18. The summed E-state index contributed by atoms with van der Waals surface area (Å²) in [6.07, 6.45) is 0. The first-order valence-corrected chi connectivity index (χ1v) is 12.4. The van der Waals surface area contributed by atoms with Crippen molar-refractivity contribution >= 4 is 22.1 Å². The van der Waals surface area contributed by atoms with E-state index in [4.69, 9.17) is 0 Å². The van der Waals surface area contributed by atoms with Gasteiger partial charge in [-0.05, 0) is 78.4 Å². The van der Waals surface area contributed by atoms with Gasteiger partial charge in [-0.2, -0.15) is 0 Å². The van der Waals surface area contributed by atoms with Crippen LogP contribution in [0.5, 0.6) is 11.5 Å². The molecule has 192 valence electrons. The molecule has 0 aliphatic carbocycles. The zero-order chi connectivity index (χ0) is 27.0. The van der Waals surface area contributed by atoms with Gasteiger partial charge in [-0.1, -0.05) is 57.2 Å². The van der Waals surface area contributed by atoms with E-state index < -0.39 is 0 Å². The van der Waals surface area contributed by atoms with E-state index in [1.54, 1.807) is 6.07 Å². The topological polar surface area (TPSA) is 102 Å². The normalized spacial score (nSPS) is 11.5. The van der Waals surface area contributed by atoms with Crippen molar-refractivity contribution in [2.45, 2.75) is 40.0 Å². The van der Waals surface area contributed by atoms with Gasteiger partial charge in [0.25, 0.3) is 0 Å². The number of fused-ring (bicyclic) bond motifs is 2. The van der Waals surface area contributed by atoms with Gasteiger partial charge in [0.05, 0.1) is 0 Å². The molecule has 8 nitrogen and oxygen atoms in total.